The SMILES string of the molecule is NC(=O)c1ccc(NC(=O)C2CCc3nccn3C2)cc1. The molecule has 0 bridgehead atoms. The number of amides is 2. The lowest BCUT2D eigenvalue weighted by Gasteiger charge is -2.23. The summed E-state index contributed by atoms with van der Waals surface area (Å²) in [6.07, 6.45) is 5.27. The minimum Gasteiger partial charge on any atom is -0.366 e. The van der Waals surface area contributed by atoms with E-state index in [0.717, 1.165) is 18.7 Å². The number of primary amides is 1. The summed E-state index contributed by atoms with van der Waals surface area (Å²) in [5, 5.41) is 2.88. The third-order valence-corrected chi connectivity index (χ3v) is 3.74. The number of hydrogen-bond donors (Lipinski definition) is 2. The topological polar surface area (TPSA) is 90.0 Å². The number of nitrogens with zero attached hydrogens (tertiary/aromatic N) is 2. The van der Waals surface area contributed by atoms with Crippen LogP contribution in [0, 0.1) is 5.92 Å². The van der Waals surface area contributed by atoms with Crippen LogP contribution in [0.15, 0.2) is 36.7 Å². The molecule has 3 rings (SSSR count). The second kappa shape index (κ2) is 5.40. The van der Waals surface area contributed by atoms with Gasteiger partial charge in [-0.25, -0.2) is 4.98 Å². The van der Waals surface area contributed by atoms with Gasteiger partial charge in [0.15, 0.2) is 0 Å². The van der Waals surface area contributed by atoms with Crippen LogP contribution in [-0.4, -0.2) is 21.4 Å². The van der Waals surface area contributed by atoms with Crippen LogP contribution >= 0.6 is 0 Å². The monoisotopic (exact) mass is 284 g/mol. The summed E-state index contributed by atoms with van der Waals surface area (Å²) in [6, 6.07) is 6.58. The zero-order valence-corrected chi connectivity index (χ0v) is 11.5. The number of aryl methyl sites for hydroxylation is 1. The molecular weight excluding hydrogens is 268 g/mol. The molecule has 6 heteroatoms. The molecule has 0 fully saturated rings. The number of imidazole rings is 1. The first-order chi connectivity index (χ1) is 10.1. The number of fused-ring (bicyclic) bond motifs is 1. The van der Waals surface area contributed by atoms with Gasteiger partial charge in [0.2, 0.25) is 11.8 Å². The summed E-state index contributed by atoms with van der Waals surface area (Å²) < 4.78 is 2.02. The lowest BCUT2D eigenvalue weighted by atomic mass is 9.98. The van der Waals surface area contributed by atoms with Crippen LogP contribution in [0.2, 0.25) is 0 Å². The van der Waals surface area contributed by atoms with Gasteiger partial charge in [-0.1, -0.05) is 0 Å². The zero-order valence-electron chi connectivity index (χ0n) is 11.5. The molecule has 1 aliphatic heterocycles. The predicted octanol–water partition coefficient (Wildman–Crippen LogP) is 1.18. The molecule has 0 saturated carbocycles. The molecule has 21 heavy (non-hydrogen) atoms. The molecule has 2 heterocycles. The van der Waals surface area contributed by atoms with Gasteiger partial charge in [-0.05, 0) is 30.7 Å². The highest BCUT2D eigenvalue weighted by Gasteiger charge is 2.24. The Morgan fingerprint density at radius 2 is 2.05 bits per heavy atom. The Labute approximate surface area is 122 Å². The Morgan fingerprint density at radius 3 is 2.76 bits per heavy atom. The Balaban J connectivity index is 1.65. The number of rotatable bonds is 3. The molecule has 1 unspecified atom stereocenters. The standard InChI is InChI=1S/C15H16N4O2/c16-14(20)10-1-4-12(5-2-10)18-15(21)11-3-6-13-17-7-8-19(13)9-11/h1-2,4-5,7-8,11H,3,6,9H2,(H2,16,20)(H,18,21). The van der Waals surface area contributed by atoms with Gasteiger partial charge in [-0.2, -0.15) is 0 Å². The van der Waals surface area contributed by atoms with Crippen LogP contribution in [0.1, 0.15) is 22.6 Å². The highest BCUT2D eigenvalue weighted by Crippen LogP contribution is 2.20. The number of aromatic nitrogens is 2. The number of carbonyl (C=O) groups is 2. The number of nitrogens with two attached hydrogens (primary N) is 1. The van der Waals surface area contributed by atoms with Gasteiger partial charge in [0.25, 0.3) is 0 Å². The van der Waals surface area contributed by atoms with Crippen molar-refractivity contribution in [2.24, 2.45) is 11.7 Å². The maximum absolute atomic E-state index is 12.3. The summed E-state index contributed by atoms with van der Waals surface area (Å²) >= 11 is 0. The van der Waals surface area contributed by atoms with Crippen LogP contribution in [0.4, 0.5) is 5.69 Å². The third-order valence-electron chi connectivity index (χ3n) is 3.74. The number of anilines is 1. The minimum absolute atomic E-state index is 0.0128. The molecule has 1 atom stereocenters. The van der Waals surface area contributed by atoms with Gasteiger partial charge in [0.05, 0.1) is 5.92 Å². The molecule has 1 aliphatic rings. The van der Waals surface area contributed by atoms with Gasteiger partial charge in [-0.15, -0.1) is 0 Å². The lowest BCUT2D eigenvalue weighted by molar-refractivity contribution is -0.120. The van der Waals surface area contributed by atoms with Crippen molar-refractivity contribution >= 4 is 17.5 Å². The average Bonchev–Trinajstić information content (AvgIpc) is 2.95. The molecule has 0 radical (unpaired) electrons. The highest BCUT2D eigenvalue weighted by atomic mass is 16.2. The van der Waals surface area contributed by atoms with Gasteiger partial charge in [0.1, 0.15) is 5.82 Å². The maximum atomic E-state index is 12.3. The van der Waals surface area contributed by atoms with Crippen molar-refractivity contribution in [1.82, 2.24) is 9.55 Å². The second-order valence-electron chi connectivity index (χ2n) is 5.16. The van der Waals surface area contributed by atoms with E-state index in [1.165, 1.54) is 0 Å². The molecule has 2 amide bonds. The molecule has 0 saturated heterocycles. The zero-order chi connectivity index (χ0) is 14.8. The van der Waals surface area contributed by atoms with Gasteiger partial charge >= 0.3 is 0 Å². The smallest absolute Gasteiger partial charge is 0.248 e. The van der Waals surface area contributed by atoms with Crippen LogP contribution in [-0.2, 0) is 17.8 Å². The first-order valence-electron chi connectivity index (χ1n) is 6.84. The summed E-state index contributed by atoms with van der Waals surface area (Å²) in [7, 11) is 0. The third kappa shape index (κ3) is 2.79. The number of benzene rings is 1. The predicted molar refractivity (Wildman–Crippen MR) is 77.6 cm³/mol. The molecule has 6 nitrogen and oxygen atoms in total. The lowest BCUT2D eigenvalue weighted by Crippen LogP contribution is -2.31. The summed E-state index contributed by atoms with van der Waals surface area (Å²) in [5.74, 6) is 0.473. The van der Waals surface area contributed by atoms with Crippen molar-refractivity contribution in [3.8, 4) is 0 Å². The molecule has 0 aliphatic carbocycles. The molecule has 3 N–H and O–H groups in total. The van der Waals surface area contributed by atoms with Gasteiger partial charge in [-0.3, -0.25) is 9.59 Å². The van der Waals surface area contributed by atoms with Gasteiger partial charge in [0, 0.05) is 36.6 Å². The number of carbonyl (C=O) groups excluding carboxylic acids is 2. The number of hydrogen-bond acceptors (Lipinski definition) is 3. The Bertz CT molecular complexity index is 675. The van der Waals surface area contributed by atoms with E-state index in [-0.39, 0.29) is 11.8 Å². The van der Waals surface area contributed by atoms with Crippen molar-refractivity contribution in [2.75, 3.05) is 5.32 Å². The first-order valence-corrected chi connectivity index (χ1v) is 6.84. The van der Waals surface area contributed by atoms with Crippen LogP contribution < -0.4 is 11.1 Å². The Kier molecular flexibility index (Phi) is 3.43. The van der Waals surface area contributed by atoms with E-state index >= 15 is 0 Å². The van der Waals surface area contributed by atoms with Crippen molar-refractivity contribution in [3.63, 3.8) is 0 Å². The van der Waals surface area contributed by atoms with E-state index in [0.29, 0.717) is 17.8 Å². The summed E-state index contributed by atoms with van der Waals surface area (Å²) in [6.45, 7) is 0.653. The van der Waals surface area contributed by atoms with E-state index in [1.807, 2.05) is 10.8 Å². The summed E-state index contributed by atoms with van der Waals surface area (Å²) in [5.41, 5.74) is 6.27. The fourth-order valence-electron chi connectivity index (χ4n) is 2.54. The normalized spacial score (nSPS) is 17.0. The van der Waals surface area contributed by atoms with Crippen molar-refractivity contribution in [2.45, 2.75) is 19.4 Å². The van der Waals surface area contributed by atoms with Crippen molar-refractivity contribution in [3.05, 3.63) is 48.0 Å². The average molecular weight is 284 g/mol. The van der Waals surface area contributed by atoms with Crippen LogP contribution in [0.25, 0.3) is 0 Å². The van der Waals surface area contributed by atoms with Crippen molar-refractivity contribution in [1.29, 1.82) is 0 Å². The Morgan fingerprint density at radius 1 is 1.29 bits per heavy atom. The van der Waals surface area contributed by atoms with Crippen LogP contribution in [0.5, 0.6) is 0 Å². The minimum atomic E-state index is -0.479. The van der Waals surface area contributed by atoms with Crippen molar-refractivity contribution < 1.29 is 9.59 Å². The van der Waals surface area contributed by atoms with E-state index < -0.39 is 5.91 Å². The Hall–Kier alpha value is -2.63. The fourth-order valence-corrected chi connectivity index (χ4v) is 2.54. The molecule has 0 spiro atoms. The fraction of sp³-hybridized carbons (Fsp3) is 0.267. The molecule has 108 valence electrons. The van der Waals surface area contributed by atoms with Crippen LogP contribution in [0.3, 0.4) is 0 Å². The molecular formula is C15H16N4O2. The largest absolute Gasteiger partial charge is 0.366 e. The highest BCUT2D eigenvalue weighted by molar-refractivity contribution is 5.95. The van der Waals surface area contributed by atoms with E-state index in [1.54, 1.807) is 30.5 Å². The molecule has 1 aromatic heterocycles. The molecule has 2 aromatic rings. The first kappa shape index (κ1) is 13.4. The quantitative estimate of drug-likeness (QED) is 0.887. The number of nitrogens with one attached hydrogen (secondary N) is 1. The molecule has 1 aromatic carbocycles. The van der Waals surface area contributed by atoms with E-state index in [4.69, 9.17) is 5.73 Å². The van der Waals surface area contributed by atoms with E-state index in [9.17, 15) is 9.59 Å². The maximum Gasteiger partial charge on any atom is 0.248 e. The summed E-state index contributed by atoms with van der Waals surface area (Å²) in [4.78, 5) is 27.5. The van der Waals surface area contributed by atoms with E-state index in [2.05, 4.69) is 10.3 Å². The second-order valence-corrected chi connectivity index (χ2v) is 5.16. The van der Waals surface area contributed by atoms with Gasteiger partial charge < -0.3 is 15.6 Å².